The average Bonchev–Trinajstić information content (AvgIpc) is 3.26. The number of nitrogens with zero attached hydrogens (tertiary/aromatic N) is 2. The summed E-state index contributed by atoms with van der Waals surface area (Å²) in [5.74, 6) is -1.17. The fourth-order valence-corrected chi connectivity index (χ4v) is 3.91. The molecule has 0 saturated heterocycles. The van der Waals surface area contributed by atoms with E-state index in [4.69, 9.17) is 4.74 Å². The van der Waals surface area contributed by atoms with Crippen LogP contribution in [0.3, 0.4) is 0 Å². The normalized spacial score (nSPS) is 12.0. The summed E-state index contributed by atoms with van der Waals surface area (Å²) in [7, 11) is 1.31. The third-order valence-corrected chi connectivity index (χ3v) is 5.89. The number of methoxy groups -OCH3 is 1. The predicted molar refractivity (Wildman–Crippen MR) is 116 cm³/mol. The van der Waals surface area contributed by atoms with Crippen molar-refractivity contribution < 1.29 is 14.6 Å². The van der Waals surface area contributed by atoms with Crippen molar-refractivity contribution in [3.8, 4) is 5.75 Å². The molecule has 7 nitrogen and oxygen atoms in total. The van der Waals surface area contributed by atoms with E-state index in [1.807, 2.05) is 30.5 Å². The Hall–Kier alpha value is -3.00. The van der Waals surface area contributed by atoms with Gasteiger partial charge in [-0.25, -0.2) is 4.98 Å². The Morgan fingerprint density at radius 2 is 2.07 bits per heavy atom. The molecule has 8 heteroatoms. The summed E-state index contributed by atoms with van der Waals surface area (Å²) in [6, 6.07) is 9.21. The molecule has 1 atom stereocenters. The van der Waals surface area contributed by atoms with Gasteiger partial charge in [-0.15, -0.1) is 11.8 Å². The number of rotatable bonds is 8. The Kier molecular flexibility index (Phi) is 6.99. The van der Waals surface area contributed by atoms with Crippen molar-refractivity contribution >= 4 is 17.7 Å². The van der Waals surface area contributed by atoms with Gasteiger partial charge < -0.3 is 19.4 Å². The highest BCUT2D eigenvalue weighted by Gasteiger charge is 2.26. The fourth-order valence-electron chi connectivity index (χ4n) is 3.50. The molecule has 0 bridgehead atoms. The lowest BCUT2D eigenvalue weighted by Gasteiger charge is -2.20. The summed E-state index contributed by atoms with van der Waals surface area (Å²) < 4.78 is 6.48. The molecule has 0 radical (unpaired) electrons. The largest absolute Gasteiger partial charge is 0.507 e. The van der Waals surface area contributed by atoms with Gasteiger partial charge in [0, 0.05) is 41.4 Å². The van der Waals surface area contributed by atoms with Gasteiger partial charge in [0.2, 0.25) is 0 Å². The number of nitrogens with one attached hydrogen (secondary N) is 1. The smallest absolute Gasteiger partial charge is 0.306 e. The van der Waals surface area contributed by atoms with E-state index in [1.165, 1.54) is 7.11 Å². The number of aryl methyl sites for hydroxylation is 2. The first-order valence-corrected chi connectivity index (χ1v) is 10.8. The van der Waals surface area contributed by atoms with Gasteiger partial charge >= 0.3 is 5.97 Å². The maximum absolute atomic E-state index is 13.4. The van der Waals surface area contributed by atoms with E-state index in [0.29, 0.717) is 18.7 Å². The molecule has 1 aromatic carbocycles. The minimum absolute atomic E-state index is 0.0402. The van der Waals surface area contributed by atoms with Crippen LogP contribution in [-0.2, 0) is 22.5 Å². The van der Waals surface area contributed by atoms with E-state index in [1.54, 1.807) is 41.8 Å². The molecule has 2 heterocycles. The maximum Gasteiger partial charge on any atom is 0.306 e. The first-order chi connectivity index (χ1) is 14.4. The van der Waals surface area contributed by atoms with E-state index in [-0.39, 0.29) is 23.3 Å². The molecule has 0 amide bonds. The van der Waals surface area contributed by atoms with Crippen LogP contribution in [0.4, 0.5) is 0 Å². The van der Waals surface area contributed by atoms with Gasteiger partial charge in [0.25, 0.3) is 5.56 Å². The summed E-state index contributed by atoms with van der Waals surface area (Å²) in [5, 5.41) is 10.7. The van der Waals surface area contributed by atoms with E-state index in [2.05, 4.69) is 9.97 Å². The zero-order chi connectivity index (χ0) is 21.7. The lowest BCUT2D eigenvalue weighted by Crippen LogP contribution is -2.29. The molecule has 2 aromatic heterocycles. The third kappa shape index (κ3) is 4.76. The number of aromatic hydroxyl groups is 1. The number of aromatic amines is 1. The van der Waals surface area contributed by atoms with Crippen molar-refractivity contribution in [3.63, 3.8) is 0 Å². The van der Waals surface area contributed by atoms with Gasteiger partial charge in [-0.1, -0.05) is 12.1 Å². The average molecular weight is 428 g/mol. The predicted octanol–water partition coefficient (Wildman–Crippen LogP) is 3.25. The fraction of sp³-hybridized carbons (Fsp3) is 0.318. The second-order valence-corrected chi connectivity index (χ2v) is 7.85. The molecule has 30 heavy (non-hydrogen) atoms. The number of ether oxygens (including phenoxy) is 1. The van der Waals surface area contributed by atoms with Crippen LogP contribution in [0.5, 0.6) is 5.75 Å². The molecule has 0 aliphatic heterocycles. The molecule has 3 rings (SSSR count). The second-order valence-electron chi connectivity index (χ2n) is 6.97. The first-order valence-electron chi connectivity index (χ1n) is 9.56. The van der Waals surface area contributed by atoms with Crippen molar-refractivity contribution in [1.29, 1.82) is 0 Å². The van der Waals surface area contributed by atoms with Crippen LogP contribution in [-0.4, -0.2) is 39.0 Å². The number of carbonyl (C=O) groups is 1. The Bertz CT molecular complexity index is 1060. The summed E-state index contributed by atoms with van der Waals surface area (Å²) in [6.45, 7) is 2.21. The SMILES string of the molecule is COC(=O)C[C@H](c1ccc(SC)cc1)c1c(O)cc(C)n(CCc2cnc[nH]2)c1=O. The maximum atomic E-state index is 13.4. The zero-order valence-corrected chi connectivity index (χ0v) is 18.0. The summed E-state index contributed by atoms with van der Waals surface area (Å²) in [4.78, 5) is 33.6. The Balaban J connectivity index is 2.05. The summed E-state index contributed by atoms with van der Waals surface area (Å²) in [6.07, 6.45) is 5.84. The third-order valence-electron chi connectivity index (χ3n) is 5.15. The molecule has 0 fully saturated rings. The van der Waals surface area contributed by atoms with Crippen molar-refractivity contribution in [1.82, 2.24) is 14.5 Å². The van der Waals surface area contributed by atoms with Crippen LogP contribution < -0.4 is 5.56 Å². The summed E-state index contributed by atoms with van der Waals surface area (Å²) >= 11 is 1.60. The molecule has 2 N–H and O–H groups in total. The van der Waals surface area contributed by atoms with Crippen LogP contribution >= 0.6 is 11.8 Å². The standard InChI is InChI=1S/C22H25N3O4S/c1-14-10-19(26)21(22(28)25(14)9-8-16-12-23-13-24-16)18(11-20(27)29-2)15-4-6-17(30-3)7-5-15/h4-7,10,12-13,18,26H,8-9,11H2,1-3H3,(H,23,24)/t18-/m1/s1. The molecule has 0 aliphatic carbocycles. The highest BCUT2D eigenvalue weighted by atomic mass is 32.2. The van der Waals surface area contributed by atoms with Gasteiger partial charge in [-0.05, 0) is 36.9 Å². The zero-order valence-electron chi connectivity index (χ0n) is 17.2. The van der Waals surface area contributed by atoms with Gasteiger partial charge in [0.15, 0.2) is 0 Å². The quantitative estimate of drug-likeness (QED) is 0.423. The van der Waals surface area contributed by atoms with Crippen LogP contribution in [0.15, 0.2) is 52.5 Å². The van der Waals surface area contributed by atoms with Crippen LogP contribution in [0, 0.1) is 6.92 Å². The minimum Gasteiger partial charge on any atom is -0.507 e. The summed E-state index contributed by atoms with van der Waals surface area (Å²) in [5.41, 5.74) is 2.22. The van der Waals surface area contributed by atoms with Crippen LogP contribution in [0.25, 0.3) is 0 Å². The number of hydrogen-bond acceptors (Lipinski definition) is 6. The molecule has 158 valence electrons. The number of H-pyrrole nitrogens is 1. The van der Waals surface area contributed by atoms with Crippen molar-refractivity contribution in [2.24, 2.45) is 0 Å². The van der Waals surface area contributed by atoms with Gasteiger partial charge in [0.1, 0.15) is 5.75 Å². The molecule has 0 unspecified atom stereocenters. The van der Waals surface area contributed by atoms with E-state index in [0.717, 1.165) is 16.2 Å². The molecular formula is C22H25N3O4S. The first kappa shape index (κ1) is 21.7. The monoisotopic (exact) mass is 427 g/mol. The number of benzene rings is 1. The Morgan fingerprint density at radius 1 is 1.33 bits per heavy atom. The second kappa shape index (κ2) is 9.67. The van der Waals surface area contributed by atoms with E-state index in [9.17, 15) is 14.7 Å². The molecule has 0 aliphatic rings. The number of hydrogen-bond donors (Lipinski definition) is 2. The van der Waals surface area contributed by atoms with Crippen molar-refractivity contribution in [3.05, 3.63) is 75.7 Å². The number of esters is 1. The lowest BCUT2D eigenvalue weighted by atomic mass is 9.88. The highest BCUT2D eigenvalue weighted by molar-refractivity contribution is 7.98. The lowest BCUT2D eigenvalue weighted by molar-refractivity contribution is -0.140. The molecule has 3 aromatic rings. The minimum atomic E-state index is -0.611. The number of aromatic nitrogens is 3. The Labute approximate surface area is 179 Å². The van der Waals surface area contributed by atoms with Gasteiger partial charge in [-0.3, -0.25) is 9.59 Å². The van der Waals surface area contributed by atoms with Gasteiger partial charge in [-0.2, -0.15) is 0 Å². The number of thioether (sulfide) groups is 1. The topological polar surface area (TPSA) is 97.2 Å². The number of imidazole rings is 1. The van der Waals surface area contributed by atoms with Crippen LogP contribution in [0.1, 0.15) is 34.9 Å². The van der Waals surface area contributed by atoms with Crippen molar-refractivity contribution in [2.45, 2.75) is 37.1 Å². The Morgan fingerprint density at radius 3 is 2.67 bits per heavy atom. The molecular weight excluding hydrogens is 402 g/mol. The molecule has 0 saturated carbocycles. The van der Waals surface area contributed by atoms with E-state index >= 15 is 0 Å². The van der Waals surface area contributed by atoms with Crippen LogP contribution in [0.2, 0.25) is 0 Å². The van der Waals surface area contributed by atoms with Crippen molar-refractivity contribution in [2.75, 3.05) is 13.4 Å². The number of carbonyl (C=O) groups excluding carboxylic acids is 1. The number of pyridine rings is 1. The van der Waals surface area contributed by atoms with E-state index < -0.39 is 11.9 Å². The molecule has 0 spiro atoms. The van der Waals surface area contributed by atoms with Gasteiger partial charge in [0.05, 0.1) is 25.4 Å². The highest BCUT2D eigenvalue weighted by Crippen LogP contribution is 2.33.